The molecule has 0 saturated carbocycles. The third kappa shape index (κ3) is 3.98. The van der Waals surface area contributed by atoms with Gasteiger partial charge in [-0.25, -0.2) is 4.79 Å². The maximum absolute atomic E-state index is 11.5. The van der Waals surface area contributed by atoms with E-state index in [1.165, 1.54) is 0 Å². The highest BCUT2D eigenvalue weighted by Crippen LogP contribution is 2.17. The molecule has 19 heavy (non-hydrogen) atoms. The van der Waals surface area contributed by atoms with Gasteiger partial charge < -0.3 is 15.2 Å². The van der Waals surface area contributed by atoms with Crippen molar-refractivity contribution in [1.82, 2.24) is 0 Å². The van der Waals surface area contributed by atoms with E-state index in [4.69, 9.17) is 21.1 Å². The molecule has 4 nitrogen and oxygen atoms in total. The lowest BCUT2D eigenvalue weighted by Crippen LogP contribution is -2.47. The molecule has 0 aliphatic carbocycles. The maximum Gasteiger partial charge on any atom is 0.519 e. The van der Waals surface area contributed by atoms with Gasteiger partial charge >= 0.3 is 6.16 Å². The van der Waals surface area contributed by atoms with Crippen LogP contribution in [0.5, 0.6) is 11.5 Å². The molecule has 2 rings (SSSR count). The highest BCUT2D eigenvalue weighted by molar-refractivity contribution is 6.30. The summed E-state index contributed by atoms with van der Waals surface area (Å²) in [6.45, 7) is 0.690. The zero-order valence-electron chi connectivity index (χ0n) is 10.1. The van der Waals surface area contributed by atoms with Crippen LogP contribution in [0, 0.1) is 0 Å². The van der Waals surface area contributed by atoms with E-state index in [1.54, 1.807) is 36.4 Å². The van der Waals surface area contributed by atoms with Crippen molar-refractivity contribution in [3.8, 4) is 11.5 Å². The highest BCUT2D eigenvalue weighted by atomic mass is 35.5. The van der Waals surface area contributed by atoms with Crippen LogP contribution in [-0.4, -0.2) is 6.16 Å². The molecule has 0 amide bonds. The number of quaternary nitrogens is 1. The minimum atomic E-state index is -0.787. The summed E-state index contributed by atoms with van der Waals surface area (Å²) < 4.78 is 10.0. The first-order valence-electron chi connectivity index (χ1n) is 5.71. The van der Waals surface area contributed by atoms with Crippen LogP contribution in [0.3, 0.4) is 0 Å². The largest absolute Gasteiger partial charge is 0.519 e. The Balaban J connectivity index is 1.95. The molecule has 0 fully saturated rings. The van der Waals surface area contributed by atoms with Gasteiger partial charge in [0.1, 0.15) is 11.5 Å². The molecule has 0 unspecified atom stereocenters. The molecule has 0 aromatic heterocycles. The molecular formula is C14H13ClNO3+. The summed E-state index contributed by atoms with van der Waals surface area (Å²) in [5, 5.41) is 0.574. The van der Waals surface area contributed by atoms with Crippen molar-refractivity contribution < 1.29 is 20.0 Å². The molecule has 0 saturated heterocycles. The summed E-state index contributed by atoms with van der Waals surface area (Å²) in [5.41, 5.74) is 4.83. The van der Waals surface area contributed by atoms with Crippen molar-refractivity contribution >= 4 is 17.8 Å². The molecule has 2 aromatic rings. The average molecular weight is 279 g/mol. The Bertz CT molecular complexity index is 552. The Hall–Kier alpha value is -2.04. The summed E-state index contributed by atoms with van der Waals surface area (Å²) >= 11 is 5.73. The first-order valence-corrected chi connectivity index (χ1v) is 6.08. The second-order valence-corrected chi connectivity index (χ2v) is 4.24. The van der Waals surface area contributed by atoms with Gasteiger partial charge in [0.2, 0.25) is 0 Å². The van der Waals surface area contributed by atoms with Crippen LogP contribution >= 0.6 is 11.6 Å². The highest BCUT2D eigenvalue weighted by Gasteiger charge is 2.07. The Kier molecular flexibility index (Phi) is 4.39. The SMILES string of the molecule is [NH3+]Cc1ccc(OC(=O)Oc2ccc(Cl)cc2)cc1. The molecule has 0 aliphatic rings. The van der Waals surface area contributed by atoms with Gasteiger partial charge in [-0.2, -0.15) is 0 Å². The fourth-order valence-electron chi connectivity index (χ4n) is 1.44. The Labute approximate surface area is 115 Å². The van der Waals surface area contributed by atoms with Gasteiger partial charge in [0, 0.05) is 10.6 Å². The number of carbonyl (C=O) groups excluding carboxylic acids is 1. The van der Waals surface area contributed by atoms with Crippen LogP contribution in [0.1, 0.15) is 5.56 Å². The minimum Gasteiger partial charge on any atom is -0.395 e. The lowest BCUT2D eigenvalue weighted by Gasteiger charge is -2.05. The van der Waals surface area contributed by atoms with Crippen molar-refractivity contribution in [3.63, 3.8) is 0 Å². The van der Waals surface area contributed by atoms with E-state index in [9.17, 15) is 4.79 Å². The van der Waals surface area contributed by atoms with Crippen molar-refractivity contribution in [2.75, 3.05) is 0 Å². The summed E-state index contributed by atoms with van der Waals surface area (Å²) in [5.74, 6) is 0.806. The third-order valence-electron chi connectivity index (χ3n) is 2.43. The molecule has 5 heteroatoms. The van der Waals surface area contributed by atoms with Gasteiger partial charge in [-0.05, 0) is 48.5 Å². The van der Waals surface area contributed by atoms with E-state index in [2.05, 4.69) is 5.73 Å². The van der Waals surface area contributed by atoms with Crippen LogP contribution in [0.25, 0.3) is 0 Å². The lowest BCUT2D eigenvalue weighted by molar-refractivity contribution is -0.386. The first-order chi connectivity index (χ1) is 9.17. The molecule has 98 valence electrons. The number of carbonyl (C=O) groups is 1. The first kappa shape index (κ1) is 13.4. The van der Waals surface area contributed by atoms with Crippen LogP contribution in [0.15, 0.2) is 48.5 Å². The van der Waals surface area contributed by atoms with Crippen molar-refractivity contribution in [3.05, 3.63) is 59.1 Å². The van der Waals surface area contributed by atoms with Crippen molar-refractivity contribution in [2.45, 2.75) is 6.54 Å². The quantitative estimate of drug-likeness (QED) is 0.693. The number of hydrogen-bond acceptors (Lipinski definition) is 3. The molecule has 0 heterocycles. The van der Waals surface area contributed by atoms with E-state index in [0.29, 0.717) is 23.1 Å². The summed E-state index contributed by atoms with van der Waals surface area (Å²) in [7, 11) is 0. The topological polar surface area (TPSA) is 63.2 Å². The summed E-state index contributed by atoms with van der Waals surface area (Å²) in [4.78, 5) is 11.5. The Morgan fingerprint density at radius 1 is 0.947 bits per heavy atom. The van der Waals surface area contributed by atoms with E-state index < -0.39 is 6.16 Å². The van der Waals surface area contributed by atoms with E-state index in [-0.39, 0.29) is 0 Å². The standard InChI is InChI=1S/C14H12ClNO3/c15-11-3-7-13(8-4-11)19-14(17)18-12-5-1-10(9-16)2-6-12/h1-8H,9,16H2/p+1. The lowest BCUT2D eigenvalue weighted by atomic mass is 10.2. The third-order valence-corrected chi connectivity index (χ3v) is 2.68. The number of rotatable bonds is 3. The maximum atomic E-state index is 11.5. The molecule has 0 bridgehead atoms. The number of benzene rings is 2. The van der Waals surface area contributed by atoms with Gasteiger partial charge in [-0.15, -0.1) is 0 Å². The normalized spacial score (nSPS) is 10.0. The zero-order valence-corrected chi connectivity index (χ0v) is 10.9. The van der Waals surface area contributed by atoms with Gasteiger partial charge in [-0.3, -0.25) is 0 Å². The summed E-state index contributed by atoms with van der Waals surface area (Å²) in [6.07, 6.45) is -0.787. The molecule has 0 aliphatic heterocycles. The zero-order chi connectivity index (χ0) is 13.7. The molecule has 2 aromatic carbocycles. The molecule has 3 N–H and O–H groups in total. The predicted molar refractivity (Wildman–Crippen MR) is 71.1 cm³/mol. The second-order valence-electron chi connectivity index (χ2n) is 3.80. The van der Waals surface area contributed by atoms with Gasteiger partial charge in [-0.1, -0.05) is 11.6 Å². The molecule has 0 atom stereocenters. The van der Waals surface area contributed by atoms with Crippen molar-refractivity contribution in [1.29, 1.82) is 0 Å². The molecular weight excluding hydrogens is 266 g/mol. The second kappa shape index (κ2) is 6.22. The number of hydrogen-bond donors (Lipinski definition) is 1. The fraction of sp³-hybridized carbons (Fsp3) is 0.0714. The smallest absolute Gasteiger partial charge is 0.395 e. The number of ether oxygens (including phenoxy) is 2. The van der Waals surface area contributed by atoms with E-state index in [1.807, 2.05) is 12.1 Å². The van der Waals surface area contributed by atoms with E-state index >= 15 is 0 Å². The molecule has 0 spiro atoms. The van der Waals surface area contributed by atoms with Crippen molar-refractivity contribution in [2.24, 2.45) is 0 Å². The fourth-order valence-corrected chi connectivity index (χ4v) is 1.57. The van der Waals surface area contributed by atoms with Crippen LogP contribution in [0.4, 0.5) is 4.79 Å². The minimum absolute atomic E-state index is 0.378. The molecule has 0 radical (unpaired) electrons. The van der Waals surface area contributed by atoms with Crippen LogP contribution in [0.2, 0.25) is 5.02 Å². The van der Waals surface area contributed by atoms with Crippen LogP contribution < -0.4 is 15.2 Å². The summed E-state index contributed by atoms with van der Waals surface area (Å²) in [6, 6.07) is 13.5. The van der Waals surface area contributed by atoms with Gasteiger partial charge in [0.25, 0.3) is 0 Å². The number of halogens is 1. The van der Waals surface area contributed by atoms with E-state index in [0.717, 1.165) is 5.56 Å². The predicted octanol–water partition coefficient (Wildman–Crippen LogP) is 2.66. The Morgan fingerprint density at radius 3 is 1.89 bits per heavy atom. The Morgan fingerprint density at radius 2 is 1.42 bits per heavy atom. The van der Waals surface area contributed by atoms with Crippen LogP contribution in [-0.2, 0) is 6.54 Å². The monoisotopic (exact) mass is 278 g/mol. The van der Waals surface area contributed by atoms with Gasteiger partial charge in [0.15, 0.2) is 0 Å². The van der Waals surface area contributed by atoms with Gasteiger partial charge in [0.05, 0.1) is 6.54 Å². The average Bonchev–Trinajstić information content (AvgIpc) is 2.42.